The molecule has 0 atom stereocenters. The summed E-state index contributed by atoms with van der Waals surface area (Å²) in [6, 6.07) is 1.51. The van der Waals surface area contributed by atoms with Gasteiger partial charge in [0.15, 0.2) is 5.58 Å². The van der Waals surface area contributed by atoms with Gasteiger partial charge in [-0.25, -0.2) is 9.78 Å². The summed E-state index contributed by atoms with van der Waals surface area (Å²) in [6.45, 7) is 1.86. The summed E-state index contributed by atoms with van der Waals surface area (Å²) in [4.78, 5) is 14.3. The van der Waals surface area contributed by atoms with E-state index in [9.17, 15) is 4.79 Å². The van der Waals surface area contributed by atoms with Crippen molar-refractivity contribution in [2.45, 2.75) is 6.92 Å². The summed E-state index contributed by atoms with van der Waals surface area (Å²) >= 11 is 0. The van der Waals surface area contributed by atoms with Gasteiger partial charge >= 0.3 is 5.97 Å². The number of aromatic nitrogens is 1. The summed E-state index contributed by atoms with van der Waals surface area (Å²) in [6.07, 6.45) is 3.00. The number of hydrogen-bond donors (Lipinski definition) is 1. The van der Waals surface area contributed by atoms with Crippen LogP contribution in [0.2, 0.25) is 0 Å². The molecule has 2 heterocycles. The molecule has 0 radical (unpaired) electrons. The topological polar surface area (TPSA) is 63.3 Å². The van der Waals surface area contributed by atoms with Gasteiger partial charge in [0, 0.05) is 5.39 Å². The SMILES string of the molecule is Cc1coc2cnc(C(=O)O)cc12. The lowest BCUT2D eigenvalue weighted by Gasteiger charge is -1.92. The first kappa shape index (κ1) is 7.79. The first-order valence-corrected chi connectivity index (χ1v) is 3.75. The van der Waals surface area contributed by atoms with Gasteiger partial charge in [0.1, 0.15) is 5.69 Å². The highest BCUT2D eigenvalue weighted by Gasteiger charge is 2.08. The normalized spacial score (nSPS) is 10.5. The van der Waals surface area contributed by atoms with Crippen LogP contribution in [-0.4, -0.2) is 16.1 Å². The second-order valence-corrected chi connectivity index (χ2v) is 2.79. The maximum Gasteiger partial charge on any atom is 0.354 e. The number of aryl methyl sites for hydroxylation is 1. The molecule has 0 unspecified atom stereocenters. The van der Waals surface area contributed by atoms with E-state index in [4.69, 9.17) is 9.52 Å². The Balaban J connectivity index is 2.72. The highest BCUT2D eigenvalue weighted by atomic mass is 16.4. The van der Waals surface area contributed by atoms with Gasteiger partial charge in [-0.05, 0) is 18.6 Å². The van der Waals surface area contributed by atoms with Gasteiger partial charge in [-0.3, -0.25) is 0 Å². The molecule has 0 saturated carbocycles. The quantitative estimate of drug-likeness (QED) is 0.721. The van der Waals surface area contributed by atoms with E-state index in [0.717, 1.165) is 10.9 Å². The first-order valence-electron chi connectivity index (χ1n) is 3.75. The lowest BCUT2D eigenvalue weighted by molar-refractivity contribution is 0.0691. The van der Waals surface area contributed by atoms with Gasteiger partial charge in [-0.2, -0.15) is 0 Å². The van der Waals surface area contributed by atoms with Crippen LogP contribution >= 0.6 is 0 Å². The number of hydrogen-bond acceptors (Lipinski definition) is 3. The standard InChI is InChI=1S/C9H7NO3/c1-5-4-13-8-3-10-7(9(11)12)2-6(5)8/h2-4H,1H3,(H,11,12). The van der Waals surface area contributed by atoms with Crippen LogP contribution in [0.4, 0.5) is 0 Å². The van der Waals surface area contributed by atoms with Crippen molar-refractivity contribution in [1.82, 2.24) is 4.98 Å². The molecule has 4 heteroatoms. The van der Waals surface area contributed by atoms with E-state index in [1.54, 1.807) is 6.26 Å². The van der Waals surface area contributed by atoms with Crippen LogP contribution in [-0.2, 0) is 0 Å². The van der Waals surface area contributed by atoms with Crippen molar-refractivity contribution >= 4 is 16.9 Å². The number of carboxylic acids is 1. The monoisotopic (exact) mass is 177 g/mol. The molecular weight excluding hydrogens is 170 g/mol. The van der Waals surface area contributed by atoms with E-state index in [-0.39, 0.29) is 5.69 Å². The first-order chi connectivity index (χ1) is 6.18. The average Bonchev–Trinajstić information content (AvgIpc) is 2.47. The van der Waals surface area contributed by atoms with Gasteiger partial charge in [-0.1, -0.05) is 0 Å². The summed E-state index contributed by atoms with van der Waals surface area (Å²) in [5, 5.41) is 9.48. The molecule has 0 spiro atoms. The van der Waals surface area contributed by atoms with Crippen molar-refractivity contribution < 1.29 is 14.3 Å². The van der Waals surface area contributed by atoms with Crippen LogP contribution in [0.5, 0.6) is 0 Å². The molecular formula is C9H7NO3. The van der Waals surface area contributed by atoms with Crippen LogP contribution in [0.15, 0.2) is 22.9 Å². The highest BCUT2D eigenvalue weighted by Crippen LogP contribution is 2.19. The third-order valence-corrected chi connectivity index (χ3v) is 1.87. The number of aromatic carboxylic acids is 1. The van der Waals surface area contributed by atoms with Gasteiger partial charge in [0.05, 0.1) is 12.5 Å². The number of furan rings is 1. The van der Waals surface area contributed by atoms with Crippen LogP contribution in [0.3, 0.4) is 0 Å². The van der Waals surface area contributed by atoms with Crippen LogP contribution < -0.4 is 0 Å². The summed E-state index contributed by atoms with van der Waals surface area (Å²) in [5.74, 6) is -1.03. The van der Waals surface area contributed by atoms with Crippen molar-refractivity contribution in [3.05, 3.63) is 29.8 Å². The minimum atomic E-state index is -1.03. The Bertz CT molecular complexity index is 473. The van der Waals surface area contributed by atoms with E-state index in [2.05, 4.69) is 4.98 Å². The van der Waals surface area contributed by atoms with Crippen molar-refractivity contribution in [3.63, 3.8) is 0 Å². The predicted octanol–water partition coefficient (Wildman–Crippen LogP) is 1.83. The van der Waals surface area contributed by atoms with Gasteiger partial charge < -0.3 is 9.52 Å². The molecule has 0 amide bonds. The number of nitrogens with zero attached hydrogens (tertiary/aromatic N) is 1. The number of pyridine rings is 1. The molecule has 0 aliphatic heterocycles. The second-order valence-electron chi connectivity index (χ2n) is 2.79. The molecule has 2 aromatic rings. The molecule has 0 saturated heterocycles. The fourth-order valence-corrected chi connectivity index (χ4v) is 1.18. The number of rotatable bonds is 1. The molecule has 0 aromatic carbocycles. The zero-order chi connectivity index (χ0) is 9.42. The molecule has 13 heavy (non-hydrogen) atoms. The molecule has 2 aromatic heterocycles. The smallest absolute Gasteiger partial charge is 0.354 e. The van der Waals surface area contributed by atoms with E-state index in [0.29, 0.717) is 5.58 Å². The van der Waals surface area contributed by atoms with E-state index in [1.807, 2.05) is 6.92 Å². The molecule has 0 aliphatic carbocycles. The summed E-state index contributed by atoms with van der Waals surface area (Å²) in [7, 11) is 0. The maximum absolute atomic E-state index is 10.6. The predicted molar refractivity (Wildman–Crippen MR) is 45.7 cm³/mol. The molecule has 1 N–H and O–H groups in total. The second kappa shape index (κ2) is 2.58. The molecule has 0 aliphatic rings. The van der Waals surface area contributed by atoms with Crippen molar-refractivity contribution in [2.24, 2.45) is 0 Å². The zero-order valence-corrected chi connectivity index (χ0v) is 6.94. The lowest BCUT2D eigenvalue weighted by Crippen LogP contribution is -1.98. The van der Waals surface area contributed by atoms with Gasteiger partial charge in [0.2, 0.25) is 0 Å². The Morgan fingerprint density at radius 2 is 2.38 bits per heavy atom. The van der Waals surface area contributed by atoms with Crippen molar-refractivity contribution in [2.75, 3.05) is 0 Å². The molecule has 4 nitrogen and oxygen atoms in total. The Hall–Kier alpha value is -1.84. The highest BCUT2D eigenvalue weighted by molar-refractivity contribution is 5.91. The van der Waals surface area contributed by atoms with E-state index < -0.39 is 5.97 Å². The Labute approximate surface area is 73.8 Å². The Kier molecular flexibility index (Phi) is 1.55. The molecule has 66 valence electrons. The largest absolute Gasteiger partial charge is 0.477 e. The van der Waals surface area contributed by atoms with Gasteiger partial charge in [-0.15, -0.1) is 0 Å². The van der Waals surface area contributed by atoms with Crippen LogP contribution in [0.25, 0.3) is 11.0 Å². The Morgan fingerprint density at radius 3 is 3.08 bits per heavy atom. The maximum atomic E-state index is 10.6. The van der Waals surface area contributed by atoms with Crippen LogP contribution in [0, 0.1) is 6.92 Å². The van der Waals surface area contributed by atoms with Gasteiger partial charge in [0.25, 0.3) is 0 Å². The minimum absolute atomic E-state index is 0.0389. The minimum Gasteiger partial charge on any atom is -0.477 e. The molecule has 0 fully saturated rings. The molecule has 2 rings (SSSR count). The summed E-state index contributed by atoms with van der Waals surface area (Å²) in [5.41, 5.74) is 1.57. The van der Waals surface area contributed by atoms with Crippen molar-refractivity contribution in [1.29, 1.82) is 0 Å². The number of carboxylic acid groups (broad SMARTS) is 1. The fourth-order valence-electron chi connectivity index (χ4n) is 1.18. The average molecular weight is 177 g/mol. The van der Waals surface area contributed by atoms with E-state index in [1.165, 1.54) is 12.3 Å². The fraction of sp³-hybridized carbons (Fsp3) is 0.111. The van der Waals surface area contributed by atoms with Crippen LogP contribution in [0.1, 0.15) is 16.1 Å². The Morgan fingerprint density at radius 1 is 1.62 bits per heavy atom. The number of carbonyl (C=O) groups is 1. The zero-order valence-electron chi connectivity index (χ0n) is 6.94. The number of fused-ring (bicyclic) bond motifs is 1. The third-order valence-electron chi connectivity index (χ3n) is 1.87. The summed E-state index contributed by atoms with van der Waals surface area (Å²) < 4.78 is 5.13. The van der Waals surface area contributed by atoms with Crippen molar-refractivity contribution in [3.8, 4) is 0 Å². The third kappa shape index (κ3) is 1.16. The molecule has 0 bridgehead atoms. The van der Waals surface area contributed by atoms with E-state index >= 15 is 0 Å². The lowest BCUT2D eigenvalue weighted by atomic mass is 10.2.